The SMILES string of the molecule is COc1cccc(C2=NC(C)(C)CO2)c1Cc1ccccc1. The number of benzene rings is 2. The highest BCUT2D eigenvalue weighted by Gasteiger charge is 2.28. The summed E-state index contributed by atoms with van der Waals surface area (Å²) in [6, 6.07) is 16.4. The van der Waals surface area contributed by atoms with Crippen molar-refractivity contribution in [3.05, 3.63) is 65.2 Å². The number of nitrogens with zero attached hydrogens (tertiary/aromatic N) is 1. The van der Waals surface area contributed by atoms with E-state index in [1.807, 2.05) is 18.2 Å². The van der Waals surface area contributed by atoms with E-state index < -0.39 is 0 Å². The van der Waals surface area contributed by atoms with Crippen molar-refractivity contribution in [3.8, 4) is 5.75 Å². The Bertz CT molecular complexity index is 690. The van der Waals surface area contributed by atoms with Gasteiger partial charge in [-0.2, -0.15) is 0 Å². The number of hydrogen-bond acceptors (Lipinski definition) is 3. The lowest BCUT2D eigenvalue weighted by atomic mass is 9.98. The fourth-order valence-corrected chi connectivity index (χ4v) is 2.66. The Labute approximate surface area is 131 Å². The summed E-state index contributed by atoms with van der Waals surface area (Å²) >= 11 is 0. The molecule has 3 rings (SSSR count). The molecule has 22 heavy (non-hydrogen) atoms. The lowest BCUT2D eigenvalue weighted by Crippen LogP contribution is -2.17. The summed E-state index contributed by atoms with van der Waals surface area (Å²) in [7, 11) is 1.70. The molecule has 1 aliphatic rings. The molecule has 1 heterocycles. The van der Waals surface area contributed by atoms with Crippen molar-refractivity contribution < 1.29 is 9.47 Å². The monoisotopic (exact) mass is 295 g/mol. The zero-order valence-corrected chi connectivity index (χ0v) is 13.3. The quantitative estimate of drug-likeness (QED) is 0.858. The predicted octanol–water partition coefficient (Wildman–Crippen LogP) is 3.84. The third kappa shape index (κ3) is 2.98. The standard InChI is InChI=1S/C19H21NO2/c1-19(2)13-22-18(20-19)15-10-7-11-17(21-3)16(15)12-14-8-5-4-6-9-14/h4-11H,12-13H2,1-3H3. The van der Waals surface area contributed by atoms with Gasteiger partial charge in [-0.3, -0.25) is 0 Å². The Balaban J connectivity index is 2.04. The number of rotatable bonds is 4. The summed E-state index contributed by atoms with van der Waals surface area (Å²) in [6.45, 7) is 4.78. The van der Waals surface area contributed by atoms with Crippen LogP contribution in [0, 0.1) is 0 Å². The lowest BCUT2D eigenvalue weighted by molar-refractivity contribution is 0.279. The van der Waals surface area contributed by atoms with E-state index in [0.29, 0.717) is 6.61 Å². The number of hydrogen-bond donors (Lipinski definition) is 0. The fraction of sp³-hybridized carbons (Fsp3) is 0.316. The highest BCUT2D eigenvalue weighted by Crippen LogP contribution is 2.29. The summed E-state index contributed by atoms with van der Waals surface area (Å²) < 4.78 is 11.4. The molecule has 0 amide bonds. The molecule has 0 unspecified atom stereocenters. The van der Waals surface area contributed by atoms with E-state index in [9.17, 15) is 0 Å². The second-order valence-corrected chi connectivity index (χ2v) is 6.17. The Kier molecular flexibility index (Phi) is 3.88. The number of aliphatic imine (C=N–C) groups is 1. The van der Waals surface area contributed by atoms with Crippen molar-refractivity contribution in [2.24, 2.45) is 4.99 Å². The highest BCUT2D eigenvalue weighted by atomic mass is 16.5. The Morgan fingerprint density at radius 3 is 2.50 bits per heavy atom. The van der Waals surface area contributed by atoms with Crippen molar-refractivity contribution in [2.45, 2.75) is 25.8 Å². The molecule has 0 aromatic heterocycles. The van der Waals surface area contributed by atoms with Crippen LogP contribution in [0.4, 0.5) is 0 Å². The molecule has 0 saturated heterocycles. The molecule has 3 nitrogen and oxygen atoms in total. The molecule has 2 aromatic rings. The van der Waals surface area contributed by atoms with Crippen molar-refractivity contribution in [1.29, 1.82) is 0 Å². The first kappa shape index (κ1) is 14.6. The van der Waals surface area contributed by atoms with Crippen LogP contribution in [-0.4, -0.2) is 25.2 Å². The predicted molar refractivity (Wildman–Crippen MR) is 88.8 cm³/mol. The maximum Gasteiger partial charge on any atom is 0.217 e. The van der Waals surface area contributed by atoms with Crippen LogP contribution in [0.3, 0.4) is 0 Å². The number of methoxy groups -OCH3 is 1. The van der Waals surface area contributed by atoms with Crippen molar-refractivity contribution in [3.63, 3.8) is 0 Å². The van der Waals surface area contributed by atoms with Crippen LogP contribution in [0.15, 0.2) is 53.5 Å². The van der Waals surface area contributed by atoms with Crippen LogP contribution in [-0.2, 0) is 11.2 Å². The maximum absolute atomic E-state index is 5.83. The van der Waals surface area contributed by atoms with E-state index in [2.05, 4.69) is 44.2 Å². The Morgan fingerprint density at radius 2 is 1.86 bits per heavy atom. The molecule has 0 N–H and O–H groups in total. The molecule has 0 fully saturated rings. The smallest absolute Gasteiger partial charge is 0.217 e. The zero-order valence-electron chi connectivity index (χ0n) is 13.3. The first-order valence-corrected chi connectivity index (χ1v) is 7.52. The van der Waals surface area contributed by atoms with Crippen LogP contribution in [0.1, 0.15) is 30.5 Å². The summed E-state index contributed by atoms with van der Waals surface area (Å²) in [5, 5.41) is 0. The Hall–Kier alpha value is -2.29. The van der Waals surface area contributed by atoms with Gasteiger partial charge in [0.1, 0.15) is 12.4 Å². The second kappa shape index (κ2) is 5.84. The number of ether oxygens (including phenoxy) is 2. The fourth-order valence-electron chi connectivity index (χ4n) is 2.66. The minimum Gasteiger partial charge on any atom is -0.496 e. The van der Waals surface area contributed by atoms with Gasteiger partial charge in [0.25, 0.3) is 0 Å². The molecule has 0 atom stereocenters. The van der Waals surface area contributed by atoms with Crippen molar-refractivity contribution in [2.75, 3.05) is 13.7 Å². The van der Waals surface area contributed by atoms with E-state index in [0.717, 1.165) is 29.2 Å². The third-order valence-corrected chi connectivity index (χ3v) is 3.77. The summed E-state index contributed by atoms with van der Waals surface area (Å²) in [4.78, 5) is 4.71. The second-order valence-electron chi connectivity index (χ2n) is 6.17. The summed E-state index contributed by atoms with van der Waals surface area (Å²) in [5.41, 5.74) is 3.22. The highest BCUT2D eigenvalue weighted by molar-refractivity contribution is 5.97. The Morgan fingerprint density at radius 1 is 1.09 bits per heavy atom. The van der Waals surface area contributed by atoms with Crippen LogP contribution >= 0.6 is 0 Å². The van der Waals surface area contributed by atoms with Gasteiger partial charge in [-0.1, -0.05) is 36.4 Å². The molecule has 2 aromatic carbocycles. The molecule has 0 bridgehead atoms. The van der Waals surface area contributed by atoms with E-state index in [-0.39, 0.29) is 5.54 Å². The van der Waals surface area contributed by atoms with E-state index in [1.165, 1.54) is 5.56 Å². The van der Waals surface area contributed by atoms with Gasteiger partial charge in [0, 0.05) is 17.5 Å². The molecule has 0 spiro atoms. The van der Waals surface area contributed by atoms with Crippen LogP contribution in [0.2, 0.25) is 0 Å². The van der Waals surface area contributed by atoms with Crippen LogP contribution in [0.5, 0.6) is 5.75 Å². The van der Waals surface area contributed by atoms with Gasteiger partial charge < -0.3 is 9.47 Å². The minimum atomic E-state index is -0.164. The largest absolute Gasteiger partial charge is 0.496 e. The molecular formula is C19H21NO2. The summed E-state index contributed by atoms with van der Waals surface area (Å²) in [6.07, 6.45) is 0.795. The average Bonchev–Trinajstić information content (AvgIpc) is 2.88. The van der Waals surface area contributed by atoms with Crippen LogP contribution < -0.4 is 4.74 Å². The van der Waals surface area contributed by atoms with Crippen molar-refractivity contribution >= 4 is 5.90 Å². The molecule has 0 aliphatic carbocycles. The van der Waals surface area contributed by atoms with Crippen molar-refractivity contribution in [1.82, 2.24) is 0 Å². The first-order chi connectivity index (χ1) is 10.6. The average molecular weight is 295 g/mol. The van der Waals surface area contributed by atoms with E-state index >= 15 is 0 Å². The van der Waals surface area contributed by atoms with Crippen LogP contribution in [0.25, 0.3) is 0 Å². The lowest BCUT2D eigenvalue weighted by Gasteiger charge is -2.14. The molecular weight excluding hydrogens is 274 g/mol. The molecule has 114 valence electrons. The molecule has 3 heteroatoms. The molecule has 1 aliphatic heterocycles. The topological polar surface area (TPSA) is 30.8 Å². The first-order valence-electron chi connectivity index (χ1n) is 7.52. The van der Waals surface area contributed by atoms with Gasteiger partial charge in [-0.05, 0) is 31.5 Å². The van der Waals surface area contributed by atoms with Gasteiger partial charge in [-0.25, -0.2) is 4.99 Å². The third-order valence-electron chi connectivity index (χ3n) is 3.77. The molecule has 0 radical (unpaired) electrons. The zero-order chi connectivity index (χ0) is 15.6. The van der Waals surface area contributed by atoms with E-state index in [1.54, 1.807) is 7.11 Å². The normalized spacial score (nSPS) is 16.0. The summed E-state index contributed by atoms with van der Waals surface area (Å²) in [5.74, 6) is 1.59. The van der Waals surface area contributed by atoms with Gasteiger partial charge in [0.05, 0.1) is 12.6 Å². The van der Waals surface area contributed by atoms with Gasteiger partial charge >= 0.3 is 0 Å². The van der Waals surface area contributed by atoms with Gasteiger partial charge in [0.2, 0.25) is 5.90 Å². The van der Waals surface area contributed by atoms with Gasteiger partial charge in [0.15, 0.2) is 0 Å². The minimum absolute atomic E-state index is 0.164. The van der Waals surface area contributed by atoms with Gasteiger partial charge in [-0.15, -0.1) is 0 Å². The molecule has 0 saturated carbocycles. The van der Waals surface area contributed by atoms with E-state index in [4.69, 9.17) is 14.5 Å². The maximum atomic E-state index is 5.83.